The van der Waals surface area contributed by atoms with E-state index in [4.69, 9.17) is 0 Å². The summed E-state index contributed by atoms with van der Waals surface area (Å²) < 4.78 is 4.07. The lowest BCUT2D eigenvalue weighted by molar-refractivity contribution is 0.377. The maximum atomic E-state index is 4.50. The molecular formula is C13H17N7S. The van der Waals surface area contributed by atoms with Gasteiger partial charge >= 0.3 is 0 Å². The van der Waals surface area contributed by atoms with Crippen LogP contribution in [-0.2, 0) is 13.0 Å². The summed E-state index contributed by atoms with van der Waals surface area (Å²) in [5, 5.41) is 17.2. The normalized spacial score (nSPS) is 18.1. The van der Waals surface area contributed by atoms with Crippen LogP contribution in [0.3, 0.4) is 0 Å². The van der Waals surface area contributed by atoms with E-state index >= 15 is 0 Å². The smallest absolute Gasteiger partial charge is 0.214 e. The van der Waals surface area contributed by atoms with Crippen molar-refractivity contribution in [1.29, 1.82) is 0 Å². The lowest BCUT2D eigenvalue weighted by Gasteiger charge is -2.23. The topological polar surface area (TPSA) is 72.9 Å². The number of hydrogen-bond acceptors (Lipinski definition) is 6. The molecule has 0 saturated heterocycles. The Labute approximate surface area is 126 Å². The minimum atomic E-state index is 0.588. The summed E-state index contributed by atoms with van der Waals surface area (Å²) in [5.74, 6) is 2.72. The number of nitrogens with zero attached hydrogens (tertiary/aromatic N) is 6. The molecule has 21 heavy (non-hydrogen) atoms. The first-order valence-electron chi connectivity index (χ1n) is 7.14. The number of aromatic nitrogens is 6. The van der Waals surface area contributed by atoms with Crippen LogP contribution in [0.4, 0.5) is 5.13 Å². The van der Waals surface area contributed by atoms with E-state index in [2.05, 4.69) is 30.2 Å². The highest BCUT2D eigenvalue weighted by Crippen LogP contribution is 2.23. The lowest BCUT2D eigenvalue weighted by atomic mass is 9.99. The first-order chi connectivity index (χ1) is 10.2. The van der Waals surface area contributed by atoms with Gasteiger partial charge in [-0.3, -0.25) is 0 Å². The Bertz CT molecular complexity index is 752. The maximum absolute atomic E-state index is 4.50. The molecule has 0 unspecified atom stereocenters. The predicted molar refractivity (Wildman–Crippen MR) is 80.7 cm³/mol. The fourth-order valence-electron chi connectivity index (χ4n) is 2.81. The van der Waals surface area contributed by atoms with Gasteiger partial charge < -0.3 is 9.88 Å². The van der Waals surface area contributed by atoms with Gasteiger partial charge in [-0.1, -0.05) is 11.3 Å². The monoisotopic (exact) mass is 303 g/mol. The second-order valence-corrected chi connectivity index (χ2v) is 6.53. The van der Waals surface area contributed by atoms with Crippen LogP contribution < -0.4 is 5.32 Å². The van der Waals surface area contributed by atoms with Crippen LogP contribution in [0.25, 0.3) is 4.96 Å². The van der Waals surface area contributed by atoms with Crippen LogP contribution in [0, 0.1) is 19.8 Å². The van der Waals surface area contributed by atoms with Crippen LogP contribution in [0.2, 0.25) is 0 Å². The zero-order valence-corrected chi connectivity index (χ0v) is 12.9. The van der Waals surface area contributed by atoms with E-state index in [9.17, 15) is 0 Å². The van der Waals surface area contributed by atoms with Crippen LogP contribution in [-0.4, -0.2) is 35.9 Å². The molecule has 0 radical (unpaired) electrons. The van der Waals surface area contributed by atoms with E-state index in [-0.39, 0.29) is 0 Å². The van der Waals surface area contributed by atoms with Gasteiger partial charge in [0, 0.05) is 19.5 Å². The minimum absolute atomic E-state index is 0.588. The van der Waals surface area contributed by atoms with Gasteiger partial charge in [0.25, 0.3) is 0 Å². The minimum Gasteiger partial charge on any atom is -0.360 e. The first kappa shape index (κ1) is 12.8. The quantitative estimate of drug-likeness (QED) is 0.797. The van der Waals surface area contributed by atoms with Crippen molar-refractivity contribution in [3.8, 4) is 0 Å². The van der Waals surface area contributed by atoms with Gasteiger partial charge in [0.2, 0.25) is 10.1 Å². The van der Waals surface area contributed by atoms with Crippen LogP contribution in [0.1, 0.15) is 23.8 Å². The summed E-state index contributed by atoms with van der Waals surface area (Å²) in [6.45, 7) is 5.91. The Morgan fingerprint density at radius 3 is 3.14 bits per heavy atom. The molecule has 8 heteroatoms. The summed E-state index contributed by atoms with van der Waals surface area (Å²) in [6.07, 6.45) is 4.10. The maximum Gasteiger partial charge on any atom is 0.214 e. The number of anilines is 1. The van der Waals surface area contributed by atoms with Gasteiger partial charge in [0.1, 0.15) is 11.6 Å². The average Bonchev–Trinajstić information content (AvgIpc) is 3.10. The zero-order chi connectivity index (χ0) is 14.4. The summed E-state index contributed by atoms with van der Waals surface area (Å²) in [4.78, 5) is 5.36. The predicted octanol–water partition coefficient (Wildman–Crippen LogP) is 1.67. The molecule has 1 N–H and O–H groups in total. The molecule has 1 aliphatic rings. The molecule has 4 rings (SSSR count). The molecule has 1 aliphatic heterocycles. The number of imidazole rings is 1. The molecular weight excluding hydrogens is 286 g/mol. The highest BCUT2D eigenvalue weighted by molar-refractivity contribution is 7.20. The molecule has 0 saturated carbocycles. The van der Waals surface area contributed by atoms with Crippen molar-refractivity contribution >= 4 is 21.4 Å². The summed E-state index contributed by atoms with van der Waals surface area (Å²) in [6, 6.07) is 0. The largest absolute Gasteiger partial charge is 0.360 e. The Morgan fingerprint density at radius 1 is 1.38 bits per heavy atom. The van der Waals surface area contributed by atoms with Crippen molar-refractivity contribution in [3.63, 3.8) is 0 Å². The molecule has 3 aromatic heterocycles. The molecule has 1 atom stereocenters. The van der Waals surface area contributed by atoms with Gasteiger partial charge in [-0.15, -0.1) is 15.3 Å². The van der Waals surface area contributed by atoms with Gasteiger partial charge in [0.15, 0.2) is 0 Å². The van der Waals surface area contributed by atoms with Gasteiger partial charge in [0.05, 0.1) is 11.9 Å². The molecule has 0 bridgehead atoms. The molecule has 0 amide bonds. The number of fused-ring (bicyclic) bond motifs is 2. The van der Waals surface area contributed by atoms with Gasteiger partial charge in [-0.2, -0.15) is 0 Å². The third-order valence-electron chi connectivity index (χ3n) is 3.93. The molecule has 110 valence electrons. The van der Waals surface area contributed by atoms with Crippen LogP contribution in [0.5, 0.6) is 0 Å². The van der Waals surface area contributed by atoms with Gasteiger partial charge in [-0.25, -0.2) is 9.50 Å². The number of aryl methyl sites for hydroxylation is 3. The fourth-order valence-corrected chi connectivity index (χ4v) is 3.64. The standard InChI is InChI=1S/C13H17N7S/c1-8-6-20-13(15-8)21-12(18-20)14-5-10-3-4-11-17-16-9(2)19(11)7-10/h6,10H,3-5,7H2,1-2H3,(H,14,18)/t10-/m0/s1. The van der Waals surface area contributed by atoms with Crippen LogP contribution in [0.15, 0.2) is 6.20 Å². The van der Waals surface area contributed by atoms with E-state index < -0.39 is 0 Å². The van der Waals surface area contributed by atoms with Gasteiger partial charge in [-0.05, 0) is 26.2 Å². The van der Waals surface area contributed by atoms with E-state index in [0.29, 0.717) is 5.92 Å². The molecule has 7 nitrogen and oxygen atoms in total. The SMILES string of the molecule is Cc1cn2nc(NC[C@@H]3CCc4nnc(C)n4C3)sc2n1. The third-order valence-corrected chi connectivity index (χ3v) is 4.82. The second-order valence-electron chi connectivity index (χ2n) is 5.58. The average molecular weight is 303 g/mol. The fraction of sp³-hybridized carbons (Fsp3) is 0.538. The summed E-state index contributed by atoms with van der Waals surface area (Å²) >= 11 is 1.60. The molecule has 0 fully saturated rings. The van der Waals surface area contributed by atoms with Crippen molar-refractivity contribution in [2.24, 2.45) is 5.92 Å². The molecule has 3 aromatic rings. The van der Waals surface area contributed by atoms with E-state index in [1.165, 1.54) is 0 Å². The Balaban J connectivity index is 1.43. The van der Waals surface area contributed by atoms with Crippen molar-refractivity contribution in [2.45, 2.75) is 33.2 Å². The van der Waals surface area contributed by atoms with Crippen molar-refractivity contribution < 1.29 is 0 Å². The highest BCUT2D eigenvalue weighted by Gasteiger charge is 2.21. The Hall–Kier alpha value is -1.96. The Morgan fingerprint density at radius 2 is 2.29 bits per heavy atom. The summed E-state index contributed by atoms with van der Waals surface area (Å²) in [5.41, 5.74) is 1.00. The Kier molecular flexibility index (Phi) is 2.91. The molecule has 0 aromatic carbocycles. The van der Waals surface area contributed by atoms with Crippen molar-refractivity contribution in [1.82, 2.24) is 29.4 Å². The van der Waals surface area contributed by atoms with Crippen LogP contribution >= 0.6 is 11.3 Å². The third kappa shape index (κ3) is 2.29. The first-order valence-corrected chi connectivity index (χ1v) is 7.96. The number of nitrogens with one attached hydrogen (secondary N) is 1. The molecule has 4 heterocycles. The molecule has 0 spiro atoms. The van der Waals surface area contributed by atoms with E-state index in [1.54, 1.807) is 11.3 Å². The van der Waals surface area contributed by atoms with E-state index in [0.717, 1.165) is 53.4 Å². The summed E-state index contributed by atoms with van der Waals surface area (Å²) in [7, 11) is 0. The number of hydrogen-bond donors (Lipinski definition) is 1. The molecule has 0 aliphatic carbocycles. The van der Waals surface area contributed by atoms with Crippen molar-refractivity contribution in [3.05, 3.63) is 23.5 Å². The second kappa shape index (κ2) is 4.80. The van der Waals surface area contributed by atoms with E-state index in [1.807, 2.05) is 24.6 Å². The highest BCUT2D eigenvalue weighted by atomic mass is 32.1. The zero-order valence-electron chi connectivity index (χ0n) is 12.1. The number of rotatable bonds is 3. The van der Waals surface area contributed by atoms with Crippen molar-refractivity contribution in [2.75, 3.05) is 11.9 Å². The lowest BCUT2D eigenvalue weighted by Crippen LogP contribution is -2.26.